The van der Waals surface area contributed by atoms with Crippen molar-refractivity contribution < 1.29 is 54.3 Å². The first-order valence-corrected chi connectivity index (χ1v) is 16.0. The lowest BCUT2D eigenvalue weighted by Gasteiger charge is -2.37. The second-order valence-electron chi connectivity index (χ2n) is 11.4. The molecule has 1 amide bonds. The Labute approximate surface area is 280 Å². The zero-order valence-corrected chi connectivity index (χ0v) is 27.5. The number of hydrogen-bond acceptors (Lipinski definition) is 5. The molecular formula is C34H38F6N2O6S. The van der Waals surface area contributed by atoms with Crippen molar-refractivity contribution in [3.63, 3.8) is 0 Å². The van der Waals surface area contributed by atoms with Crippen LogP contribution < -0.4 is 10.6 Å². The van der Waals surface area contributed by atoms with E-state index in [4.69, 9.17) is 9.29 Å². The molecular weight excluding hydrogens is 678 g/mol. The van der Waals surface area contributed by atoms with Gasteiger partial charge in [0.1, 0.15) is 0 Å². The van der Waals surface area contributed by atoms with E-state index in [-0.39, 0.29) is 41.1 Å². The summed E-state index contributed by atoms with van der Waals surface area (Å²) in [6.45, 7) is 11.0. The summed E-state index contributed by atoms with van der Waals surface area (Å²) < 4.78 is 115. The molecule has 15 heteroatoms. The maximum absolute atomic E-state index is 13.3. The lowest BCUT2D eigenvalue weighted by atomic mass is 9.88. The SMILES string of the molecule is C=C[C@@]1(CN[C@](C=C)(CO[C@H](C)c2cc(C(F)(F)F)cc(C(F)(F)F)c2)c2ccccc2)CCC(=O)N1.Cc1ccc(S(=O)(=O)O)cc1.O. The van der Waals surface area contributed by atoms with Crippen molar-refractivity contribution >= 4 is 16.0 Å². The molecule has 1 heterocycles. The molecule has 3 aromatic rings. The molecule has 1 fully saturated rings. The molecule has 1 saturated heterocycles. The Kier molecular flexibility index (Phi) is 13.5. The number of amides is 1. The molecule has 4 rings (SSSR count). The van der Waals surface area contributed by atoms with Gasteiger partial charge in [0.25, 0.3) is 10.1 Å². The fourth-order valence-corrected chi connectivity index (χ4v) is 5.39. The number of halogens is 6. The predicted octanol–water partition coefficient (Wildman–Crippen LogP) is 6.72. The number of benzene rings is 3. The number of ether oxygens (including phenoxy) is 1. The number of carbonyl (C=O) groups excluding carboxylic acids is 1. The Balaban J connectivity index is 0.000000590. The number of nitrogens with one attached hydrogen (secondary N) is 2. The van der Waals surface area contributed by atoms with Crippen molar-refractivity contribution in [2.45, 2.75) is 61.1 Å². The topological polar surface area (TPSA) is 136 Å². The van der Waals surface area contributed by atoms with Gasteiger partial charge in [0, 0.05) is 13.0 Å². The lowest BCUT2D eigenvalue weighted by molar-refractivity contribution is -0.143. The highest BCUT2D eigenvalue weighted by atomic mass is 32.2. The zero-order chi connectivity index (χ0) is 36.0. The molecule has 5 N–H and O–H groups in total. The van der Waals surface area contributed by atoms with Crippen LogP contribution in [0.3, 0.4) is 0 Å². The number of rotatable bonds is 11. The Morgan fingerprint density at radius 1 is 0.959 bits per heavy atom. The van der Waals surface area contributed by atoms with Crippen LogP contribution in [-0.2, 0) is 37.5 Å². The second-order valence-corrected chi connectivity index (χ2v) is 12.8. The summed E-state index contributed by atoms with van der Waals surface area (Å²) in [7, 11) is -4.02. The highest BCUT2D eigenvalue weighted by molar-refractivity contribution is 7.85. The molecule has 268 valence electrons. The van der Waals surface area contributed by atoms with Crippen LogP contribution in [0.5, 0.6) is 0 Å². The van der Waals surface area contributed by atoms with Crippen LogP contribution in [0.2, 0.25) is 0 Å². The molecule has 0 aliphatic carbocycles. The molecule has 0 unspecified atom stereocenters. The fraction of sp³-hybridized carbons (Fsp3) is 0.324. The van der Waals surface area contributed by atoms with Crippen molar-refractivity contribution in [2.75, 3.05) is 13.2 Å². The predicted molar refractivity (Wildman–Crippen MR) is 172 cm³/mol. The van der Waals surface area contributed by atoms with E-state index in [2.05, 4.69) is 23.8 Å². The standard InChI is InChI=1S/C27H28F6N2O2.C7H8O3S.H2O/c1-4-24(12-11-23(36)35-24)16-34-25(5-2,20-9-7-6-8-10-20)17-37-18(3)19-13-21(26(28,29)30)15-22(14-19)27(31,32)33;1-6-2-4-7(5-3-6)11(8,9)10;/h4-10,13-15,18,34H,1-2,11-12,16-17H2,3H3,(H,35,36);2-5H,1H3,(H,8,9,10);1H2/t18-,24+,25-;;/m1../s1. The molecule has 1 aliphatic heterocycles. The Morgan fingerprint density at radius 2 is 1.51 bits per heavy atom. The van der Waals surface area contributed by atoms with E-state index in [1.807, 2.05) is 6.92 Å². The van der Waals surface area contributed by atoms with Crippen LogP contribution in [0.25, 0.3) is 0 Å². The molecule has 1 aliphatic rings. The minimum atomic E-state index is -4.96. The number of carbonyl (C=O) groups is 1. The van der Waals surface area contributed by atoms with Gasteiger partial charge in [0.15, 0.2) is 0 Å². The molecule has 0 aromatic heterocycles. The van der Waals surface area contributed by atoms with Gasteiger partial charge in [-0.15, -0.1) is 13.2 Å². The van der Waals surface area contributed by atoms with Gasteiger partial charge in [-0.3, -0.25) is 14.7 Å². The van der Waals surface area contributed by atoms with Gasteiger partial charge in [-0.05, 0) is 61.7 Å². The van der Waals surface area contributed by atoms with Gasteiger partial charge in [0.05, 0.1) is 39.8 Å². The maximum Gasteiger partial charge on any atom is 0.416 e. The van der Waals surface area contributed by atoms with Gasteiger partial charge < -0.3 is 15.5 Å². The van der Waals surface area contributed by atoms with Crippen molar-refractivity contribution in [3.05, 3.63) is 126 Å². The zero-order valence-electron chi connectivity index (χ0n) is 26.7. The summed E-state index contributed by atoms with van der Waals surface area (Å²) in [5, 5.41) is 6.23. The minimum absolute atomic E-state index is 0. The van der Waals surface area contributed by atoms with Gasteiger partial charge in [-0.1, -0.05) is 60.2 Å². The minimum Gasteiger partial charge on any atom is -0.412 e. The Hall–Kier alpha value is -4.02. The number of hydrogen-bond donors (Lipinski definition) is 3. The Morgan fingerprint density at radius 3 is 1.94 bits per heavy atom. The van der Waals surface area contributed by atoms with Crippen molar-refractivity contribution in [1.29, 1.82) is 0 Å². The third-order valence-electron chi connectivity index (χ3n) is 7.89. The molecule has 3 atom stereocenters. The molecule has 0 spiro atoms. The van der Waals surface area contributed by atoms with Gasteiger partial charge in [-0.2, -0.15) is 34.8 Å². The monoisotopic (exact) mass is 716 g/mol. The average Bonchev–Trinajstić information content (AvgIpc) is 3.41. The van der Waals surface area contributed by atoms with Crippen LogP contribution in [-0.4, -0.2) is 43.0 Å². The smallest absolute Gasteiger partial charge is 0.412 e. The molecule has 0 radical (unpaired) electrons. The van der Waals surface area contributed by atoms with Crippen LogP contribution in [0, 0.1) is 6.92 Å². The molecule has 8 nitrogen and oxygen atoms in total. The summed E-state index contributed by atoms with van der Waals surface area (Å²) in [6, 6.07) is 16.3. The first-order valence-electron chi connectivity index (χ1n) is 14.6. The Bertz CT molecular complexity index is 1670. The van der Waals surface area contributed by atoms with Crippen LogP contribution in [0.1, 0.15) is 53.7 Å². The van der Waals surface area contributed by atoms with Gasteiger partial charge >= 0.3 is 12.4 Å². The van der Waals surface area contributed by atoms with Crippen molar-refractivity contribution in [3.8, 4) is 0 Å². The van der Waals surface area contributed by atoms with E-state index >= 15 is 0 Å². The average molecular weight is 717 g/mol. The van der Waals surface area contributed by atoms with E-state index in [1.165, 1.54) is 19.1 Å². The van der Waals surface area contributed by atoms with Crippen LogP contribution in [0.15, 0.2) is 103 Å². The first kappa shape index (κ1) is 41.2. The third-order valence-corrected chi connectivity index (χ3v) is 8.76. The first-order chi connectivity index (χ1) is 22.2. The van der Waals surface area contributed by atoms with Crippen LogP contribution in [0.4, 0.5) is 26.3 Å². The quantitative estimate of drug-likeness (QED) is 0.115. The normalized spacial score (nSPS) is 18.2. The maximum atomic E-state index is 13.3. The van der Waals surface area contributed by atoms with Crippen molar-refractivity contribution in [2.24, 2.45) is 0 Å². The molecule has 0 bridgehead atoms. The third kappa shape index (κ3) is 11.0. The summed E-state index contributed by atoms with van der Waals surface area (Å²) in [5.41, 5.74) is -3.22. The van der Waals surface area contributed by atoms with Gasteiger partial charge in [-0.25, -0.2) is 0 Å². The van der Waals surface area contributed by atoms with E-state index in [0.29, 0.717) is 30.5 Å². The van der Waals surface area contributed by atoms with Crippen LogP contribution >= 0.6 is 0 Å². The molecule has 49 heavy (non-hydrogen) atoms. The summed E-state index contributed by atoms with van der Waals surface area (Å²) in [6.07, 6.45) is -7.01. The van der Waals surface area contributed by atoms with Gasteiger partial charge in [0.2, 0.25) is 5.91 Å². The number of aryl methyl sites for hydroxylation is 1. The lowest BCUT2D eigenvalue weighted by Crippen LogP contribution is -2.55. The fourth-order valence-electron chi connectivity index (χ4n) is 4.91. The highest BCUT2D eigenvalue weighted by Gasteiger charge is 2.40. The molecule has 0 saturated carbocycles. The van der Waals surface area contributed by atoms with E-state index in [0.717, 1.165) is 5.56 Å². The van der Waals surface area contributed by atoms with Crippen molar-refractivity contribution in [1.82, 2.24) is 10.6 Å². The second kappa shape index (κ2) is 16.1. The number of alkyl halides is 6. The summed E-state index contributed by atoms with van der Waals surface area (Å²) in [5.74, 6) is -0.125. The van der Waals surface area contributed by atoms with E-state index in [1.54, 1.807) is 54.6 Å². The summed E-state index contributed by atoms with van der Waals surface area (Å²) in [4.78, 5) is 11.8. The summed E-state index contributed by atoms with van der Waals surface area (Å²) >= 11 is 0. The van der Waals surface area contributed by atoms with E-state index < -0.39 is 50.8 Å². The molecule has 3 aromatic carbocycles. The highest BCUT2D eigenvalue weighted by Crippen LogP contribution is 2.38. The van der Waals surface area contributed by atoms with E-state index in [9.17, 15) is 39.6 Å². The largest absolute Gasteiger partial charge is 0.416 e.